The first-order valence-electron chi connectivity index (χ1n) is 10.6. The van der Waals surface area contributed by atoms with E-state index in [4.69, 9.17) is 4.74 Å². The van der Waals surface area contributed by atoms with Gasteiger partial charge in [-0.15, -0.1) is 0 Å². The second-order valence-corrected chi connectivity index (χ2v) is 8.48. The molecule has 2 amide bonds. The number of ether oxygens (including phenoxy) is 1. The van der Waals surface area contributed by atoms with Gasteiger partial charge in [0.2, 0.25) is 5.91 Å². The van der Waals surface area contributed by atoms with E-state index in [-0.39, 0.29) is 17.6 Å². The van der Waals surface area contributed by atoms with Crippen LogP contribution in [-0.2, 0) is 21.4 Å². The van der Waals surface area contributed by atoms with Gasteiger partial charge in [0.1, 0.15) is 5.70 Å². The van der Waals surface area contributed by atoms with Gasteiger partial charge in [-0.25, -0.2) is 4.99 Å². The number of anilines is 1. The first-order chi connectivity index (χ1) is 16.0. The Labute approximate surface area is 196 Å². The van der Waals surface area contributed by atoms with Crippen molar-refractivity contribution in [1.82, 2.24) is 14.7 Å². The Kier molecular flexibility index (Phi) is 7.21. The van der Waals surface area contributed by atoms with Gasteiger partial charge in [0, 0.05) is 50.1 Å². The molecular formula is C24H25N5O3S. The third-order valence-corrected chi connectivity index (χ3v) is 6.04. The summed E-state index contributed by atoms with van der Waals surface area (Å²) >= 11 is 1.25. The van der Waals surface area contributed by atoms with Gasteiger partial charge in [0.15, 0.2) is 5.17 Å². The molecule has 170 valence electrons. The molecule has 0 saturated heterocycles. The first-order valence-corrected chi connectivity index (χ1v) is 11.5. The van der Waals surface area contributed by atoms with Gasteiger partial charge in [-0.05, 0) is 23.9 Å². The summed E-state index contributed by atoms with van der Waals surface area (Å²) in [5.41, 5.74) is 1.89. The van der Waals surface area contributed by atoms with Crippen molar-refractivity contribution in [3.05, 3.63) is 66.1 Å². The molecule has 8 nitrogen and oxygen atoms in total. The third-order valence-electron chi connectivity index (χ3n) is 5.07. The lowest BCUT2D eigenvalue weighted by Crippen LogP contribution is -2.32. The molecular weight excluding hydrogens is 438 g/mol. The SMILES string of the molecule is COCCCN1C(=O)/C(=C\c2cnn(C)c2)N=C1SCC(=O)Nc1cccc2ccccc12. The number of fused-ring (bicyclic) bond motifs is 1. The summed E-state index contributed by atoms with van der Waals surface area (Å²) in [6.45, 7) is 0.999. The lowest BCUT2D eigenvalue weighted by atomic mass is 10.1. The van der Waals surface area contributed by atoms with E-state index >= 15 is 0 Å². The number of rotatable bonds is 8. The van der Waals surface area contributed by atoms with E-state index in [9.17, 15) is 9.59 Å². The van der Waals surface area contributed by atoms with Crippen molar-refractivity contribution in [3.8, 4) is 0 Å². The highest BCUT2D eigenvalue weighted by Gasteiger charge is 2.30. The van der Waals surface area contributed by atoms with E-state index in [0.29, 0.717) is 30.4 Å². The molecule has 0 unspecified atom stereocenters. The van der Waals surface area contributed by atoms with Crippen LogP contribution in [0.15, 0.2) is 65.5 Å². The van der Waals surface area contributed by atoms with E-state index in [1.807, 2.05) is 55.7 Å². The van der Waals surface area contributed by atoms with Gasteiger partial charge in [-0.2, -0.15) is 5.10 Å². The van der Waals surface area contributed by atoms with Gasteiger partial charge < -0.3 is 10.1 Å². The summed E-state index contributed by atoms with van der Waals surface area (Å²) in [5.74, 6) is -0.212. The lowest BCUT2D eigenvalue weighted by Gasteiger charge is -2.17. The number of benzene rings is 2. The number of aromatic nitrogens is 2. The Balaban J connectivity index is 1.47. The summed E-state index contributed by atoms with van der Waals surface area (Å²) in [6, 6.07) is 13.7. The highest BCUT2D eigenvalue weighted by Crippen LogP contribution is 2.26. The number of aryl methyl sites for hydroxylation is 1. The molecule has 4 rings (SSSR count). The molecule has 3 aromatic rings. The van der Waals surface area contributed by atoms with Crippen LogP contribution in [0.5, 0.6) is 0 Å². The van der Waals surface area contributed by atoms with Crippen molar-refractivity contribution < 1.29 is 14.3 Å². The van der Waals surface area contributed by atoms with Crippen LogP contribution in [0.25, 0.3) is 16.8 Å². The van der Waals surface area contributed by atoms with Crippen molar-refractivity contribution in [3.63, 3.8) is 0 Å². The van der Waals surface area contributed by atoms with Crippen LogP contribution in [0.2, 0.25) is 0 Å². The third kappa shape index (κ3) is 5.50. The van der Waals surface area contributed by atoms with Crippen LogP contribution in [0, 0.1) is 0 Å². The smallest absolute Gasteiger partial charge is 0.278 e. The van der Waals surface area contributed by atoms with Crippen LogP contribution in [-0.4, -0.2) is 57.7 Å². The van der Waals surface area contributed by atoms with E-state index in [1.54, 1.807) is 29.0 Å². The minimum atomic E-state index is -0.188. The molecule has 0 spiro atoms. The molecule has 9 heteroatoms. The van der Waals surface area contributed by atoms with Crippen molar-refractivity contribution >= 4 is 51.3 Å². The molecule has 2 aromatic carbocycles. The van der Waals surface area contributed by atoms with Crippen molar-refractivity contribution in [1.29, 1.82) is 0 Å². The molecule has 33 heavy (non-hydrogen) atoms. The highest BCUT2D eigenvalue weighted by molar-refractivity contribution is 8.14. The molecule has 0 aliphatic carbocycles. The maximum absolute atomic E-state index is 13.0. The number of carbonyl (C=O) groups is 2. The second kappa shape index (κ2) is 10.5. The highest BCUT2D eigenvalue weighted by atomic mass is 32.2. The summed E-state index contributed by atoms with van der Waals surface area (Å²) in [5, 5.41) is 9.66. The fourth-order valence-electron chi connectivity index (χ4n) is 3.53. The number of thioether (sulfide) groups is 1. The predicted octanol–water partition coefficient (Wildman–Crippen LogP) is 3.52. The number of nitrogens with one attached hydrogen (secondary N) is 1. The Morgan fingerprint density at radius 2 is 2.03 bits per heavy atom. The zero-order chi connectivity index (χ0) is 23.2. The molecule has 0 radical (unpaired) electrons. The van der Waals surface area contributed by atoms with E-state index < -0.39 is 0 Å². The summed E-state index contributed by atoms with van der Waals surface area (Å²) in [4.78, 5) is 31.8. The Morgan fingerprint density at radius 1 is 1.21 bits per heavy atom. The lowest BCUT2D eigenvalue weighted by molar-refractivity contribution is -0.122. The van der Waals surface area contributed by atoms with Gasteiger partial charge >= 0.3 is 0 Å². The van der Waals surface area contributed by atoms with Crippen molar-refractivity contribution in [2.75, 3.05) is 31.3 Å². The van der Waals surface area contributed by atoms with Crippen LogP contribution in [0.3, 0.4) is 0 Å². The maximum Gasteiger partial charge on any atom is 0.278 e. The van der Waals surface area contributed by atoms with Gasteiger partial charge in [-0.1, -0.05) is 48.2 Å². The number of nitrogens with zero attached hydrogens (tertiary/aromatic N) is 4. The Morgan fingerprint density at radius 3 is 2.82 bits per heavy atom. The molecule has 0 saturated carbocycles. The molecule has 1 aromatic heterocycles. The number of hydrogen-bond donors (Lipinski definition) is 1. The molecule has 1 N–H and O–H groups in total. The minimum Gasteiger partial charge on any atom is -0.385 e. The van der Waals surface area contributed by atoms with Gasteiger partial charge in [0.25, 0.3) is 5.91 Å². The Hall–Kier alpha value is -3.43. The van der Waals surface area contributed by atoms with E-state index in [2.05, 4.69) is 15.4 Å². The normalized spacial score (nSPS) is 14.8. The first kappa shape index (κ1) is 22.8. The largest absolute Gasteiger partial charge is 0.385 e. The van der Waals surface area contributed by atoms with Crippen LogP contribution >= 0.6 is 11.8 Å². The zero-order valence-electron chi connectivity index (χ0n) is 18.5. The maximum atomic E-state index is 13.0. The molecule has 1 aliphatic rings. The zero-order valence-corrected chi connectivity index (χ0v) is 19.3. The van der Waals surface area contributed by atoms with Crippen LogP contribution in [0.1, 0.15) is 12.0 Å². The van der Waals surface area contributed by atoms with Crippen molar-refractivity contribution in [2.24, 2.45) is 12.0 Å². The number of methoxy groups -OCH3 is 1. The Bertz CT molecular complexity index is 1230. The number of aliphatic imine (C=N–C) groups is 1. The van der Waals surface area contributed by atoms with Crippen LogP contribution < -0.4 is 5.32 Å². The van der Waals surface area contributed by atoms with E-state index in [0.717, 1.165) is 22.0 Å². The summed E-state index contributed by atoms with van der Waals surface area (Å²) in [6.07, 6.45) is 5.87. The monoisotopic (exact) mass is 463 g/mol. The summed E-state index contributed by atoms with van der Waals surface area (Å²) in [7, 11) is 3.44. The number of amides is 2. The topological polar surface area (TPSA) is 88.8 Å². The predicted molar refractivity (Wildman–Crippen MR) is 132 cm³/mol. The molecule has 1 aliphatic heterocycles. The summed E-state index contributed by atoms with van der Waals surface area (Å²) < 4.78 is 6.79. The molecule has 0 fully saturated rings. The molecule has 2 heterocycles. The molecule has 0 atom stereocenters. The second-order valence-electron chi connectivity index (χ2n) is 7.54. The van der Waals surface area contributed by atoms with Crippen LogP contribution in [0.4, 0.5) is 5.69 Å². The number of hydrogen-bond acceptors (Lipinski definition) is 6. The van der Waals surface area contributed by atoms with Gasteiger partial charge in [-0.3, -0.25) is 19.2 Å². The molecule has 0 bridgehead atoms. The number of carbonyl (C=O) groups excluding carboxylic acids is 2. The van der Waals surface area contributed by atoms with E-state index in [1.165, 1.54) is 11.8 Å². The average molecular weight is 464 g/mol. The van der Waals surface area contributed by atoms with Gasteiger partial charge in [0.05, 0.1) is 11.9 Å². The van der Waals surface area contributed by atoms with Crippen molar-refractivity contribution in [2.45, 2.75) is 6.42 Å². The quantitative estimate of drug-likeness (QED) is 0.408. The standard InChI is InChI=1S/C24H25N5O3S/c1-28-15-17(14-25-28)13-21-23(31)29(11-6-12-32-2)24(27-21)33-16-22(30)26-20-10-5-8-18-7-3-4-9-19(18)20/h3-5,7-10,13-15H,6,11-12,16H2,1-2H3,(H,26,30)/b21-13+. The number of amidine groups is 1. The average Bonchev–Trinajstić information content (AvgIpc) is 3.36. The fourth-order valence-corrected chi connectivity index (χ4v) is 4.35. The fraction of sp³-hybridized carbons (Fsp3) is 0.250. The minimum absolute atomic E-state index is 0.135.